The van der Waals surface area contributed by atoms with Gasteiger partial charge in [0, 0.05) is 17.8 Å². The van der Waals surface area contributed by atoms with Gasteiger partial charge in [0.05, 0.1) is 22.7 Å². The van der Waals surface area contributed by atoms with E-state index < -0.39 is 5.54 Å². The lowest BCUT2D eigenvalue weighted by Crippen LogP contribution is -2.44. The summed E-state index contributed by atoms with van der Waals surface area (Å²) in [6.45, 7) is 0. The number of fused-ring (bicyclic) bond motifs is 1. The molecule has 2 heterocycles. The Hall–Kier alpha value is -3.07. The first-order valence-electron chi connectivity index (χ1n) is 7.76. The summed E-state index contributed by atoms with van der Waals surface area (Å²) in [6.07, 6.45) is 5.85. The number of halogens is 1. The van der Waals surface area contributed by atoms with Crippen molar-refractivity contribution in [3.05, 3.63) is 59.8 Å². The van der Waals surface area contributed by atoms with E-state index in [-0.39, 0.29) is 5.82 Å². The summed E-state index contributed by atoms with van der Waals surface area (Å²) in [7, 11) is 0. The molecule has 1 aliphatic rings. The van der Waals surface area contributed by atoms with Crippen LogP contribution in [0.5, 0.6) is 0 Å². The highest BCUT2D eigenvalue weighted by molar-refractivity contribution is 5.80. The first kappa shape index (κ1) is 14.5. The molecule has 4 rings (SSSR count). The Morgan fingerprint density at radius 2 is 2.08 bits per heavy atom. The third-order valence-corrected chi connectivity index (χ3v) is 4.48. The van der Waals surface area contributed by atoms with E-state index >= 15 is 0 Å². The molecule has 1 fully saturated rings. The second kappa shape index (κ2) is 5.53. The predicted octanol–water partition coefficient (Wildman–Crippen LogP) is 3.53. The van der Waals surface area contributed by atoms with E-state index in [1.54, 1.807) is 36.7 Å². The van der Waals surface area contributed by atoms with Crippen LogP contribution in [-0.2, 0) is 5.54 Å². The van der Waals surface area contributed by atoms with Crippen molar-refractivity contribution in [2.24, 2.45) is 0 Å². The zero-order chi connectivity index (χ0) is 16.6. The molecule has 0 aliphatic heterocycles. The van der Waals surface area contributed by atoms with Gasteiger partial charge in [0.1, 0.15) is 11.5 Å². The van der Waals surface area contributed by atoms with E-state index in [0.717, 1.165) is 30.2 Å². The van der Waals surface area contributed by atoms with Crippen LogP contribution in [0.2, 0.25) is 0 Å². The first-order chi connectivity index (χ1) is 11.7. The number of anilines is 1. The van der Waals surface area contributed by atoms with Crippen molar-refractivity contribution >= 4 is 16.9 Å². The molecule has 1 aromatic carbocycles. The van der Waals surface area contributed by atoms with Crippen LogP contribution in [0.3, 0.4) is 0 Å². The second-order valence-electron chi connectivity index (χ2n) is 5.97. The maximum Gasteiger partial charge on any atom is 0.223 e. The van der Waals surface area contributed by atoms with Crippen molar-refractivity contribution in [3.8, 4) is 6.07 Å². The van der Waals surface area contributed by atoms with E-state index in [4.69, 9.17) is 5.26 Å². The minimum Gasteiger partial charge on any atom is -0.343 e. The van der Waals surface area contributed by atoms with Gasteiger partial charge in [-0.2, -0.15) is 5.26 Å². The second-order valence-corrected chi connectivity index (χ2v) is 5.97. The molecule has 1 saturated carbocycles. The Kier molecular flexibility index (Phi) is 3.35. The van der Waals surface area contributed by atoms with Crippen LogP contribution in [0.25, 0.3) is 10.9 Å². The van der Waals surface area contributed by atoms with Crippen LogP contribution in [0.15, 0.2) is 42.7 Å². The molecule has 0 atom stereocenters. The maximum absolute atomic E-state index is 14.2. The predicted molar refractivity (Wildman–Crippen MR) is 87.6 cm³/mol. The van der Waals surface area contributed by atoms with Gasteiger partial charge in [-0.25, -0.2) is 14.4 Å². The molecule has 0 amide bonds. The number of nitrogens with zero attached hydrogens (tertiary/aromatic N) is 4. The molecular weight excluding hydrogens is 305 g/mol. The molecule has 5 nitrogen and oxygen atoms in total. The molecule has 1 aliphatic carbocycles. The topological polar surface area (TPSA) is 74.5 Å². The van der Waals surface area contributed by atoms with Gasteiger partial charge >= 0.3 is 0 Å². The number of nitriles is 1. The number of benzene rings is 1. The van der Waals surface area contributed by atoms with Gasteiger partial charge in [-0.1, -0.05) is 0 Å². The molecule has 6 heteroatoms. The average molecular weight is 319 g/mol. The highest BCUT2D eigenvalue weighted by Crippen LogP contribution is 2.43. The largest absolute Gasteiger partial charge is 0.343 e. The van der Waals surface area contributed by atoms with Crippen LogP contribution >= 0.6 is 0 Å². The molecule has 0 bridgehead atoms. The fraction of sp³-hybridized carbons (Fsp3) is 0.222. The smallest absolute Gasteiger partial charge is 0.223 e. The number of aromatic nitrogens is 3. The summed E-state index contributed by atoms with van der Waals surface area (Å²) < 4.78 is 14.2. The summed E-state index contributed by atoms with van der Waals surface area (Å²) in [4.78, 5) is 13.0. The molecule has 24 heavy (non-hydrogen) atoms. The van der Waals surface area contributed by atoms with Crippen LogP contribution in [-0.4, -0.2) is 15.0 Å². The minimum atomic E-state index is -0.550. The number of nitrogens with one attached hydrogen (secondary N) is 1. The molecule has 0 radical (unpaired) electrons. The molecule has 0 spiro atoms. The van der Waals surface area contributed by atoms with E-state index in [0.29, 0.717) is 17.2 Å². The number of rotatable bonds is 3. The lowest BCUT2D eigenvalue weighted by molar-refractivity contribution is 0.265. The fourth-order valence-electron chi connectivity index (χ4n) is 3.07. The zero-order valence-corrected chi connectivity index (χ0v) is 12.8. The lowest BCUT2D eigenvalue weighted by atomic mass is 9.74. The lowest BCUT2D eigenvalue weighted by Gasteiger charge is -2.42. The van der Waals surface area contributed by atoms with Crippen LogP contribution in [0.4, 0.5) is 10.3 Å². The standard InChI is InChI=1S/C18H14FN5/c19-14-3-1-8-21-16(14)18(6-2-7-18)24-17-22-11-13-9-12(10-20)4-5-15(13)23-17/h1,3-5,8-9,11H,2,6-7H2,(H,22,23,24). The van der Waals surface area contributed by atoms with Gasteiger partial charge in [0.2, 0.25) is 5.95 Å². The highest BCUT2D eigenvalue weighted by Gasteiger charge is 2.42. The van der Waals surface area contributed by atoms with Gasteiger partial charge in [-0.05, 0) is 49.6 Å². The van der Waals surface area contributed by atoms with Crippen molar-refractivity contribution in [1.29, 1.82) is 5.26 Å². The summed E-state index contributed by atoms with van der Waals surface area (Å²) in [5, 5.41) is 13.0. The van der Waals surface area contributed by atoms with Gasteiger partial charge < -0.3 is 5.32 Å². The van der Waals surface area contributed by atoms with E-state index in [1.807, 2.05) is 0 Å². The van der Waals surface area contributed by atoms with Gasteiger partial charge in [-0.15, -0.1) is 0 Å². The Morgan fingerprint density at radius 3 is 2.79 bits per heavy atom. The van der Waals surface area contributed by atoms with Gasteiger partial charge in [-0.3, -0.25) is 4.98 Å². The SMILES string of the molecule is N#Cc1ccc2nc(NC3(c4ncccc4F)CCC3)ncc2c1. The Labute approximate surface area is 138 Å². The Bertz CT molecular complexity index is 959. The summed E-state index contributed by atoms with van der Waals surface area (Å²) >= 11 is 0. The van der Waals surface area contributed by atoms with Crippen LogP contribution < -0.4 is 5.32 Å². The minimum absolute atomic E-state index is 0.316. The third-order valence-electron chi connectivity index (χ3n) is 4.48. The van der Waals surface area contributed by atoms with Crippen molar-refractivity contribution in [3.63, 3.8) is 0 Å². The Balaban J connectivity index is 1.70. The third kappa shape index (κ3) is 2.35. The van der Waals surface area contributed by atoms with Gasteiger partial charge in [0.25, 0.3) is 0 Å². The Morgan fingerprint density at radius 1 is 1.21 bits per heavy atom. The molecule has 2 aromatic heterocycles. The maximum atomic E-state index is 14.2. The van der Waals surface area contributed by atoms with E-state index in [2.05, 4.69) is 26.3 Å². The summed E-state index contributed by atoms with van der Waals surface area (Å²) in [5.74, 6) is 0.126. The first-order valence-corrected chi connectivity index (χ1v) is 7.76. The molecule has 3 aromatic rings. The van der Waals surface area contributed by atoms with Crippen LogP contribution in [0, 0.1) is 17.1 Å². The highest BCUT2D eigenvalue weighted by atomic mass is 19.1. The molecular formula is C18H14FN5. The number of hydrogen-bond acceptors (Lipinski definition) is 5. The molecule has 118 valence electrons. The number of pyridine rings is 1. The van der Waals surface area contributed by atoms with E-state index in [9.17, 15) is 4.39 Å². The average Bonchev–Trinajstić information content (AvgIpc) is 2.58. The van der Waals surface area contributed by atoms with Crippen LogP contribution in [0.1, 0.15) is 30.5 Å². The quantitative estimate of drug-likeness (QED) is 0.799. The molecule has 1 N–H and O–H groups in total. The number of hydrogen-bond donors (Lipinski definition) is 1. The van der Waals surface area contributed by atoms with Crippen molar-refractivity contribution in [1.82, 2.24) is 15.0 Å². The molecule has 0 saturated heterocycles. The van der Waals surface area contributed by atoms with Crippen molar-refractivity contribution < 1.29 is 4.39 Å². The summed E-state index contributed by atoms with van der Waals surface area (Å²) in [5.41, 5.74) is 1.17. The normalized spacial score (nSPS) is 15.5. The van der Waals surface area contributed by atoms with E-state index in [1.165, 1.54) is 6.07 Å². The zero-order valence-electron chi connectivity index (χ0n) is 12.8. The molecule has 0 unspecified atom stereocenters. The monoisotopic (exact) mass is 319 g/mol. The summed E-state index contributed by atoms with van der Waals surface area (Å²) in [6, 6.07) is 10.4. The van der Waals surface area contributed by atoms with Crippen molar-refractivity contribution in [2.45, 2.75) is 24.8 Å². The fourth-order valence-corrected chi connectivity index (χ4v) is 3.07. The van der Waals surface area contributed by atoms with Crippen molar-refractivity contribution in [2.75, 3.05) is 5.32 Å². The van der Waals surface area contributed by atoms with Gasteiger partial charge in [0.15, 0.2) is 0 Å².